The molecule has 1 heterocycles. The van der Waals surface area contributed by atoms with E-state index in [1.807, 2.05) is 17.4 Å². The second-order valence-electron chi connectivity index (χ2n) is 18.3. The molecule has 328 valence electrons. The topological polar surface area (TPSA) is 3.24 Å². The summed E-state index contributed by atoms with van der Waals surface area (Å²) in [6.07, 6.45) is 0.935. The first-order chi connectivity index (χ1) is 34.7. The van der Waals surface area contributed by atoms with Crippen LogP contribution in [0.5, 0.6) is 0 Å². The van der Waals surface area contributed by atoms with E-state index in [1.54, 1.807) is 0 Å². The Morgan fingerprint density at radius 1 is 0.386 bits per heavy atom. The van der Waals surface area contributed by atoms with E-state index in [0.717, 1.165) is 29.0 Å². The molecule has 0 bridgehead atoms. The van der Waals surface area contributed by atoms with Crippen molar-refractivity contribution in [3.05, 3.63) is 284 Å². The molecule has 0 fully saturated rings. The quantitative estimate of drug-likeness (QED) is 0.139. The highest BCUT2D eigenvalue weighted by Crippen LogP contribution is 2.46. The number of thiophene rings is 1. The Balaban J connectivity index is 0.853. The van der Waals surface area contributed by atoms with E-state index >= 15 is 0 Å². The predicted molar refractivity (Wildman–Crippen MR) is 296 cm³/mol. The van der Waals surface area contributed by atoms with Gasteiger partial charge in [0.2, 0.25) is 0 Å². The molecular weight excluding hydrogens is 863 g/mol. The van der Waals surface area contributed by atoms with Gasteiger partial charge in [0.1, 0.15) is 0 Å². The molecule has 70 heavy (non-hydrogen) atoms. The number of hydrogen-bond acceptors (Lipinski definition) is 2. The second-order valence-corrected chi connectivity index (χ2v) is 19.3. The SMILES string of the molecule is c1ccc2c(c#1)-c1cc(-c3ccc(N(c4ccc(-c5cccc(-c6ccccc6)c5)cc4)c4ccc(-c5cccc6c5sc5ccccc56)cc4)cc3)ccc1C(c1ccc(-c3ccccc3)cc1)C2. The molecule has 1 aliphatic rings. The number of anilines is 3. The zero-order chi connectivity index (χ0) is 46.4. The summed E-state index contributed by atoms with van der Waals surface area (Å²) in [6, 6.07) is 99.9. The van der Waals surface area contributed by atoms with E-state index in [4.69, 9.17) is 0 Å². The van der Waals surface area contributed by atoms with Crippen molar-refractivity contribution in [2.24, 2.45) is 0 Å². The number of hydrogen-bond donors (Lipinski definition) is 0. The molecule has 0 radical (unpaired) electrons. The third-order valence-electron chi connectivity index (χ3n) is 14.2. The second kappa shape index (κ2) is 17.7. The summed E-state index contributed by atoms with van der Waals surface area (Å²) >= 11 is 1.87. The maximum absolute atomic E-state index is 3.51. The molecule has 0 spiro atoms. The van der Waals surface area contributed by atoms with E-state index < -0.39 is 0 Å². The van der Waals surface area contributed by atoms with Crippen molar-refractivity contribution in [2.45, 2.75) is 12.3 Å². The van der Waals surface area contributed by atoms with Crippen LogP contribution in [0.1, 0.15) is 22.6 Å². The van der Waals surface area contributed by atoms with Crippen molar-refractivity contribution in [3.8, 4) is 66.8 Å². The average molecular weight is 908 g/mol. The van der Waals surface area contributed by atoms with Gasteiger partial charge in [0.15, 0.2) is 0 Å². The van der Waals surface area contributed by atoms with Crippen molar-refractivity contribution in [1.82, 2.24) is 0 Å². The highest BCUT2D eigenvalue weighted by molar-refractivity contribution is 7.26. The van der Waals surface area contributed by atoms with Gasteiger partial charge < -0.3 is 4.90 Å². The molecule has 0 aliphatic heterocycles. The van der Waals surface area contributed by atoms with E-state index in [-0.39, 0.29) is 5.92 Å². The van der Waals surface area contributed by atoms with Crippen LogP contribution in [0.2, 0.25) is 0 Å². The third-order valence-corrected chi connectivity index (χ3v) is 15.4. The molecule has 1 atom stereocenters. The summed E-state index contributed by atoms with van der Waals surface area (Å²) in [5.74, 6) is 0.247. The fraction of sp³-hybridized carbons (Fsp3) is 0.0294. The van der Waals surface area contributed by atoms with Crippen LogP contribution < -0.4 is 4.90 Å². The van der Waals surface area contributed by atoms with E-state index in [1.165, 1.54) is 98.1 Å². The Morgan fingerprint density at radius 2 is 0.886 bits per heavy atom. The molecular formula is C68H45NS. The van der Waals surface area contributed by atoms with E-state index in [0.29, 0.717) is 0 Å². The lowest BCUT2D eigenvalue weighted by atomic mass is 9.75. The van der Waals surface area contributed by atoms with Crippen LogP contribution >= 0.6 is 11.3 Å². The summed E-state index contributed by atoms with van der Waals surface area (Å²) in [4.78, 5) is 2.37. The number of rotatable bonds is 9. The molecule has 0 amide bonds. The van der Waals surface area contributed by atoms with Crippen LogP contribution in [-0.2, 0) is 6.42 Å². The molecule has 0 saturated heterocycles. The van der Waals surface area contributed by atoms with Gasteiger partial charge in [0.05, 0.1) is 0 Å². The Hall–Kier alpha value is -8.74. The van der Waals surface area contributed by atoms with Crippen LogP contribution in [0, 0.1) is 12.1 Å². The molecule has 1 unspecified atom stereocenters. The minimum Gasteiger partial charge on any atom is -0.311 e. The summed E-state index contributed by atoms with van der Waals surface area (Å²) in [6.45, 7) is 0. The van der Waals surface area contributed by atoms with Gasteiger partial charge in [-0.1, -0.05) is 200 Å². The molecule has 2 heteroatoms. The molecule has 0 N–H and O–H groups in total. The number of fused-ring (bicyclic) bond motifs is 6. The zero-order valence-electron chi connectivity index (χ0n) is 38.4. The average Bonchev–Trinajstić information content (AvgIpc) is 3.83. The van der Waals surface area contributed by atoms with Gasteiger partial charge in [-0.25, -0.2) is 0 Å². The largest absolute Gasteiger partial charge is 0.311 e. The van der Waals surface area contributed by atoms with E-state index in [2.05, 4.69) is 266 Å². The first-order valence-corrected chi connectivity index (χ1v) is 24.9. The fourth-order valence-corrected chi connectivity index (χ4v) is 11.8. The van der Waals surface area contributed by atoms with Gasteiger partial charge in [-0.15, -0.1) is 11.3 Å². The van der Waals surface area contributed by atoms with Crippen LogP contribution in [0.3, 0.4) is 0 Å². The highest BCUT2D eigenvalue weighted by atomic mass is 32.1. The monoisotopic (exact) mass is 907 g/mol. The lowest BCUT2D eigenvalue weighted by Crippen LogP contribution is -2.12. The van der Waals surface area contributed by atoms with Crippen LogP contribution in [0.4, 0.5) is 17.1 Å². The molecule has 1 aromatic heterocycles. The van der Waals surface area contributed by atoms with Gasteiger partial charge >= 0.3 is 0 Å². The third kappa shape index (κ3) is 7.64. The van der Waals surface area contributed by atoms with Gasteiger partial charge in [0.25, 0.3) is 0 Å². The Morgan fingerprint density at radius 3 is 1.56 bits per heavy atom. The molecule has 1 nitrogen and oxygen atoms in total. The maximum Gasteiger partial charge on any atom is 0.0462 e. The Kier molecular flexibility index (Phi) is 10.5. The lowest BCUT2D eigenvalue weighted by Gasteiger charge is -2.28. The highest BCUT2D eigenvalue weighted by Gasteiger charge is 2.27. The number of benzene rings is 10. The number of nitrogens with zero attached hydrogens (tertiary/aromatic N) is 1. The Labute approximate surface area is 413 Å². The summed E-state index contributed by atoms with van der Waals surface area (Å²) < 4.78 is 2.64. The minimum atomic E-state index is 0.247. The molecule has 13 rings (SSSR count). The van der Waals surface area contributed by atoms with Crippen LogP contribution in [0.15, 0.2) is 255 Å². The minimum absolute atomic E-state index is 0.247. The van der Waals surface area contributed by atoms with Crippen molar-refractivity contribution in [1.29, 1.82) is 0 Å². The van der Waals surface area contributed by atoms with Gasteiger partial charge in [-0.3, -0.25) is 0 Å². The summed E-state index contributed by atoms with van der Waals surface area (Å²) in [7, 11) is 0. The smallest absolute Gasteiger partial charge is 0.0462 e. The van der Waals surface area contributed by atoms with Crippen molar-refractivity contribution < 1.29 is 0 Å². The maximum atomic E-state index is 3.51. The zero-order valence-corrected chi connectivity index (χ0v) is 39.2. The van der Waals surface area contributed by atoms with Crippen molar-refractivity contribution in [2.75, 3.05) is 4.90 Å². The summed E-state index contributed by atoms with van der Waals surface area (Å²) in [5.41, 5.74) is 21.7. The first-order valence-electron chi connectivity index (χ1n) is 24.1. The Bertz CT molecular complexity index is 3810. The molecule has 1 aliphatic carbocycles. The van der Waals surface area contributed by atoms with Crippen molar-refractivity contribution >= 4 is 48.6 Å². The molecule has 0 saturated carbocycles. The lowest BCUT2D eigenvalue weighted by molar-refractivity contribution is 0.794. The van der Waals surface area contributed by atoms with Gasteiger partial charge in [-0.2, -0.15) is 0 Å². The van der Waals surface area contributed by atoms with Crippen LogP contribution in [0.25, 0.3) is 86.9 Å². The van der Waals surface area contributed by atoms with Crippen molar-refractivity contribution in [3.63, 3.8) is 0 Å². The van der Waals surface area contributed by atoms with Gasteiger partial charge in [-0.05, 0) is 151 Å². The fourth-order valence-electron chi connectivity index (χ4n) is 10.6. The normalized spacial score (nSPS) is 12.8. The molecule has 11 aromatic carbocycles. The van der Waals surface area contributed by atoms with Crippen LogP contribution in [-0.4, -0.2) is 0 Å². The predicted octanol–water partition coefficient (Wildman–Crippen LogP) is 18.8. The first kappa shape index (κ1) is 41.4. The standard InChI is InChI=1S/C68H45NS/c1-3-13-46(14-4-1)48-25-27-52(28-26-48)65-45-56-17-7-8-20-60(56)66-44-55(35-42-62(65)66)50-31-38-58(39-32-50)69(57-36-29-49(30-37-57)54-19-11-18-53(43-54)47-15-5-2-6-16-47)59-40-33-51(34-41-59)61-22-12-23-64-63-21-9-10-24-67(63)70-68(61)64/h1-7,9-19,21-44,65H,45H2. The van der Waals surface area contributed by atoms with E-state index in [9.17, 15) is 0 Å². The summed E-state index contributed by atoms with van der Waals surface area (Å²) in [5, 5.41) is 2.63. The molecule has 12 aromatic rings. The van der Waals surface area contributed by atoms with Gasteiger partial charge in [0, 0.05) is 48.7 Å².